The summed E-state index contributed by atoms with van der Waals surface area (Å²) in [4.78, 5) is 8.93. The highest BCUT2D eigenvalue weighted by Crippen LogP contribution is 2.38. The zero-order valence-electron chi connectivity index (χ0n) is 16.3. The number of aromatic nitrogens is 1. The standard InChI is InChI=1S/C22H29ClN2OS/c1-15-16(2)27-22(24-15)18-5-9-20(10-6-18)25-11-12-26-14-21(25)13-17-3-7-19(23)8-4-17/h3-4,7-8,18,20-21H,5-6,9-14H2,1-2H3/t18?,20?,21-/m0/s1. The molecule has 1 aromatic carbocycles. The van der Waals surface area contributed by atoms with E-state index in [4.69, 9.17) is 21.3 Å². The van der Waals surface area contributed by atoms with E-state index in [1.54, 1.807) is 0 Å². The van der Waals surface area contributed by atoms with Crippen molar-refractivity contribution >= 4 is 22.9 Å². The maximum atomic E-state index is 6.04. The Kier molecular flexibility index (Phi) is 6.18. The third-order valence-electron chi connectivity index (χ3n) is 6.22. The molecule has 27 heavy (non-hydrogen) atoms. The van der Waals surface area contributed by atoms with Crippen LogP contribution in [0.4, 0.5) is 0 Å². The average Bonchev–Trinajstić information content (AvgIpc) is 3.03. The first kappa shape index (κ1) is 19.4. The summed E-state index contributed by atoms with van der Waals surface area (Å²) in [5.41, 5.74) is 2.57. The summed E-state index contributed by atoms with van der Waals surface area (Å²) in [7, 11) is 0. The Labute approximate surface area is 171 Å². The molecule has 0 unspecified atom stereocenters. The van der Waals surface area contributed by atoms with Crippen molar-refractivity contribution in [3.63, 3.8) is 0 Å². The van der Waals surface area contributed by atoms with Gasteiger partial charge in [0.2, 0.25) is 0 Å². The fourth-order valence-corrected chi connectivity index (χ4v) is 5.76. The van der Waals surface area contributed by atoms with E-state index in [1.807, 2.05) is 23.5 Å². The summed E-state index contributed by atoms with van der Waals surface area (Å²) in [6.45, 7) is 7.09. The summed E-state index contributed by atoms with van der Waals surface area (Å²) in [6, 6.07) is 9.45. The highest BCUT2D eigenvalue weighted by molar-refractivity contribution is 7.11. The van der Waals surface area contributed by atoms with Crippen LogP contribution in [0, 0.1) is 13.8 Å². The molecule has 1 saturated carbocycles. The molecule has 0 spiro atoms. The van der Waals surface area contributed by atoms with Gasteiger partial charge in [0.25, 0.3) is 0 Å². The van der Waals surface area contributed by atoms with Gasteiger partial charge < -0.3 is 4.74 Å². The number of aryl methyl sites for hydroxylation is 2. The molecule has 2 aromatic rings. The van der Waals surface area contributed by atoms with Crippen molar-refractivity contribution in [1.29, 1.82) is 0 Å². The van der Waals surface area contributed by atoms with Crippen LogP contribution in [0.1, 0.15) is 52.7 Å². The Balaban J connectivity index is 1.38. The number of halogens is 1. The molecule has 1 aromatic heterocycles. The summed E-state index contributed by atoms with van der Waals surface area (Å²) in [5, 5.41) is 2.17. The van der Waals surface area contributed by atoms with Crippen LogP contribution in [0.15, 0.2) is 24.3 Å². The predicted molar refractivity (Wildman–Crippen MR) is 113 cm³/mol. The molecule has 0 bridgehead atoms. The predicted octanol–water partition coefficient (Wildman–Crippen LogP) is 5.38. The summed E-state index contributed by atoms with van der Waals surface area (Å²) >= 11 is 7.95. The van der Waals surface area contributed by atoms with Crippen LogP contribution in [-0.4, -0.2) is 41.7 Å². The molecule has 0 radical (unpaired) electrons. The number of benzene rings is 1. The van der Waals surface area contributed by atoms with E-state index in [1.165, 1.54) is 46.8 Å². The Bertz CT molecular complexity index is 733. The Morgan fingerprint density at radius 1 is 1.15 bits per heavy atom. The molecule has 146 valence electrons. The van der Waals surface area contributed by atoms with Gasteiger partial charge in [-0.2, -0.15) is 0 Å². The normalized spacial score (nSPS) is 27.0. The van der Waals surface area contributed by atoms with Gasteiger partial charge in [-0.25, -0.2) is 4.98 Å². The van der Waals surface area contributed by atoms with Crippen molar-refractivity contribution in [2.75, 3.05) is 19.8 Å². The van der Waals surface area contributed by atoms with E-state index in [0.717, 1.165) is 31.2 Å². The lowest BCUT2D eigenvalue weighted by Gasteiger charge is -2.43. The van der Waals surface area contributed by atoms with Crippen LogP contribution in [0.5, 0.6) is 0 Å². The number of hydrogen-bond donors (Lipinski definition) is 0. The molecule has 1 saturated heterocycles. The Hall–Kier alpha value is -0.940. The van der Waals surface area contributed by atoms with Crippen molar-refractivity contribution in [1.82, 2.24) is 9.88 Å². The van der Waals surface area contributed by atoms with E-state index in [0.29, 0.717) is 18.0 Å². The SMILES string of the molecule is Cc1nc(C2CCC(N3CCOC[C@@H]3Cc3ccc(Cl)cc3)CC2)sc1C. The van der Waals surface area contributed by atoms with Crippen molar-refractivity contribution in [2.45, 2.75) is 64.0 Å². The number of ether oxygens (including phenoxy) is 1. The van der Waals surface area contributed by atoms with E-state index < -0.39 is 0 Å². The Morgan fingerprint density at radius 2 is 1.89 bits per heavy atom. The number of rotatable bonds is 4. The molecule has 4 rings (SSSR count). The average molecular weight is 405 g/mol. The van der Waals surface area contributed by atoms with Gasteiger partial charge in [-0.15, -0.1) is 11.3 Å². The zero-order valence-corrected chi connectivity index (χ0v) is 17.9. The maximum absolute atomic E-state index is 6.04. The summed E-state index contributed by atoms with van der Waals surface area (Å²) < 4.78 is 5.83. The largest absolute Gasteiger partial charge is 0.378 e. The Morgan fingerprint density at radius 3 is 2.56 bits per heavy atom. The van der Waals surface area contributed by atoms with Crippen LogP contribution in [0.2, 0.25) is 5.02 Å². The second kappa shape index (κ2) is 8.60. The second-order valence-electron chi connectivity index (χ2n) is 8.00. The molecule has 2 heterocycles. The van der Waals surface area contributed by atoms with Gasteiger partial charge in [0.05, 0.1) is 23.9 Å². The number of thiazole rings is 1. The zero-order chi connectivity index (χ0) is 18.8. The lowest BCUT2D eigenvalue weighted by Crippen LogP contribution is -2.52. The monoisotopic (exact) mass is 404 g/mol. The van der Waals surface area contributed by atoms with Crippen molar-refractivity contribution < 1.29 is 4.74 Å². The quantitative estimate of drug-likeness (QED) is 0.683. The molecule has 0 N–H and O–H groups in total. The number of hydrogen-bond acceptors (Lipinski definition) is 4. The van der Waals surface area contributed by atoms with Crippen molar-refractivity contribution in [2.24, 2.45) is 0 Å². The number of nitrogens with zero attached hydrogens (tertiary/aromatic N) is 2. The second-order valence-corrected chi connectivity index (χ2v) is 9.67. The van der Waals surface area contributed by atoms with Crippen molar-refractivity contribution in [3.8, 4) is 0 Å². The summed E-state index contributed by atoms with van der Waals surface area (Å²) in [5.74, 6) is 0.661. The first-order valence-corrected chi connectivity index (χ1v) is 11.3. The molecule has 1 aliphatic heterocycles. The first-order valence-electron chi connectivity index (χ1n) is 10.1. The first-order chi connectivity index (χ1) is 13.1. The fraction of sp³-hybridized carbons (Fsp3) is 0.591. The van der Waals surface area contributed by atoms with E-state index in [2.05, 4.69) is 30.9 Å². The summed E-state index contributed by atoms with van der Waals surface area (Å²) in [6.07, 6.45) is 6.13. The third-order valence-corrected chi connectivity index (χ3v) is 7.71. The number of morpholine rings is 1. The van der Waals surface area contributed by atoms with Gasteiger partial charge in [0.15, 0.2) is 0 Å². The highest BCUT2D eigenvalue weighted by atomic mass is 35.5. The van der Waals surface area contributed by atoms with Crippen molar-refractivity contribution in [3.05, 3.63) is 50.4 Å². The third kappa shape index (κ3) is 4.56. The topological polar surface area (TPSA) is 25.4 Å². The lowest BCUT2D eigenvalue weighted by atomic mass is 9.84. The molecule has 1 atom stereocenters. The molecule has 2 fully saturated rings. The van der Waals surface area contributed by atoms with Crippen LogP contribution in [0.3, 0.4) is 0 Å². The van der Waals surface area contributed by atoms with Gasteiger partial charge in [0.1, 0.15) is 0 Å². The van der Waals surface area contributed by atoms with Crippen LogP contribution in [0.25, 0.3) is 0 Å². The van der Waals surface area contributed by atoms with Crippen LogP contribution in [-0.2, 0) is 11.2 Å². The molecule has 3 nitrogen and oxygen atoms in total. The minimum absolute atomic E-state index is 0.478. The van der Waals surface area contributed by atoms with Crippen LogP contribution >= 0.6 is 22.9 Å². The van der Waals surface area contributed by atoms with Gasteiger partial charge in [-0.05, 0) is 63.6 Å². The highest BCUT2D eigenvalue weighted by Gasteiger charge is 2.33. The van der Waals surface area contributed by atoms with Gasteiger partial charge in [-0.3, -0.25) is 4.90 Å². The fourth-order valence-electron chi connectivity index (χ4n) is 4.54. The van der Waals surface area contributed by atoms with E-state index in [-0.39, 0.29) is 0 Å². The molecular formula is C22H29ClN2OS. The molecule has 5 heteroatoms. The maximum Gasteiger partial charge on any atom is 0.0961 e. The molecule has 1 aliphatic carbocycles. The lowest BCUT2D eigenvalue weighted by molar-refractivity contribution is -0.0366. The van der Waals surface area contributed by atoms with Gasteiger partial charge in [0, 0.05) is 34.4 Å². The molecule has 2 aliphatic rings. The van der Waals surface area contributed by atoms with E-state index in [9.17, 15) is 0 Å². The van der Waals surface area contributed by atoms with Gasteiger partial charge >= 0.3 is 0 Å². The molecular weight excluding hydrogens is 376 g/mol. The minimum Gasteiger partial charge on any atom is -0.378 e. The minimum atomic E-state index is 0.478. The van der Waals surface area contributed by atoms with Gasteiger partial charge in [-0.1, -0.05) is 23.7 Å². The van der Waals surface area contributed by atoms with E-state index >= 15 is 0 Å². The smallest absolute Gasteiger partial charge is 0.0961 e. The van der Waals surface area contributed by atoms with Crippen LogP contribution < -0.4 is 0 Å². The molecule has 0 amide bonds.